The Hall–Kier alpha value is -3.38. The fourth-order valence-electron chi connectivity index (χ4n) is 3.77. The quantitative estimate of drug-likeness (QED) is 0.666. The lowest BCUT2D eigenvalue weighted by atomic mass is 9.89. The Kier molecular flexibility index (Phi) is 5.95. The maximum absolute atomic E-state index is 6.21. The van der Waals surface area contributed by atoms with Crippen LogP contribution in [0.1, 0.15) is 24.0 Å². The molecule has 1 saturated heterocycles. The normalized spacial score (nSPS) is 15.8. The van der Waals surface area contributed by atoms with E-state index in [0.29, 0.717) is 23.1 Å². The predicted molar refractivity (Wildman–Crippen MR) is 121 cm³/mol. The highest BCUT2D eigenvalue weighted by atomic mass is 16.5. The summed E-state index contributed by atoms with van der Waals surface area (Å²) >= 11 is 0. The molecule has 0 atom stereocenters. The van der Waals surface area contributed by atoms with Crippen molar-refractivity contribution in [3.8, 4) is 11.5 Å². The van der Waals surface area contributed by atoms with Gasteiger partial charge in [0, 0.05) is 0 Å². The minimum absolute atomic E-state index is 0.395. The molecule has 0 unspecified atom stereocenters. The van der Waals surface area contributed by atoms with Gasteiger partial charge in [0.2, 0.25) is 0 Å². The van der Waals surface area contributed by atoms with Crippen LogP contribution in [0, 0.1) is 5.92 Å². The second-order valence-electron chi connectivity index (χ2n) is 7.68. The number of rotatable bonds is 5. The Morgan fingerprint density at radius 1 is 0.933 bits per heavy atom. The number of nitrogens with zero attached hydrogens (tertiary/aromatic N) is 3. The van der Waals surface area contributed by atoms with E-state index in [2.05, 4.69) is 28.0 Å². The summed E-state index contributed by atoms with van der Waals surface area (Å²) in [5.41, 5.74) is 15.1. The Bertz CT molecular complexity index is 989. The van der Waals surface area contributed by atoms with E-state index in [1.165, 1.54) is 6.33 Å². The standard InChI is InChI=1S/C24H27N5O/c1-29-13-11-17(12-14-29)15-21(22-23(25)27-16-28-24(22)26)18-7-9-20(10-8-18)30-19-5-3-2-4-6-19/h2-10,15-17H,11-14H2,1H3,(H4,25,26,27,28)/b21-15-. The first kappa shape index (κ1) is 19.9. The molecule has 0 radical (unpaired) electrons. The molecule has 30 heavy (non-hydrogen) atoms. The highest BCUT2D eigenvalue weighted by molar-refractivity contribution is 5.89. The summed E-state index contributed by atoms with van der Waals surface area (Å²) in [5, 5.41) is 0. The molecular weight excluding hydrogens is 374 g/mol. The van der Waals surface area contributed by atoms with Gasteiger partial charge in [-0.3, -0.25) is 0 Å². The number of allylic oxidation sites excluding steroid dienone is 1. The molecule has 1 aromatic heterocycles. The van der Waals surface area contributed by atoms with Crippen molar-refractivity contribution in [2.24, 2.45) is 5.92 Å². The van der Waals surface area contributed by atoms with Gasteiger partial charge in [0.15, 0.2) is 0 Å². The lowest BCUT2D eigenvalue weighted by molar-refractivity contribution is 0.244. The lowest BCUT2D eigenvalue weighted by Gasteiger charge is -2.28. The van der Waals surface area contributed by atoms with Crippen LogP contribution >= 0.6 is 0 Å². The smallest absolute Gasteiger partial charge is 0.136 e. The Morgan fingerprint density at radius 3 is 2.17 bits per heavy atom. The second kappa shape index (κ2) is 8.97. The van der Waals surface area contributed by atoms with Crippen LogP contribution in [0.25, 0.3) is 5.57 Å². The van der Waals surface area contributed by atoms with Crippen LogP contribution in [-0.4, -0.2) is 35.0 Å². The number of nitrogen functional groups attached to an aromatic ring is 2. The first-order valence-electron chi connectivity index (χ1n) is 10.2. The van der Waals surface area contributed by atoms with Crippen LogP contribution in [0.5, 0.6) is 11.5 Å². The molecule has 1 aliphatic rings. The van der Waals surface area contributed by atoms with Gasteiger partial charge < -0.3 is 21.1 Å². The van der Waals surface area contributed by atoms with Gasteiger partial charge in [0.1, 0.15) is 29.5 Å². The Labute approximate surface area is 177 Å². The third-order valence-electron chi connectivity index (χ3n) is 5.49. The monoisotopic (exact) mass is 401 g/mol. The van der Waals surface area contributed by atoms with Crippen molar-refractivity contribution >= 4 is 17.2 Å². The summed E-state index contributed by atoms with van der Waals surface area (Å²) in [5.74, 6) is 2.82. The number of hydrogen-bond acceptors (Lipinski definition) is 6. The SMILES string of the molecule is CN1CCC(/C=C(/c2ccc(Oc3ccccc3)cc2)c2c(N)ncnc2N)CC1. The van der Waals surface area contributed by atoms with Crippen LogP contribution < -0.4 is 16.2 Å². The van der Waals surface area contributed by atoms with E-state index in [1.807, 2.05) is 54.6 Å². The Morgan fingerprint density at radius 2 is 1.53 bits per heavy atom. The van der Waals surface area contributed by atoms with E-state index in [9.17, 15) is 0 Å². The van der Waals surface area contributed by atoms with Crippen LogP contribution in [0.15, 0.2) is 67.0 Å². The first-order chi connectivity index (χ1) is 14.6. The molecule has 1 fully saturated rings. The van der Waals surface area contributed by atoms with E-state index < -0.39 is 0 Å². The third-order valence-corrected chi connectivity index (χ3v) is 5.49. The van der Waals surface area contributed by atoms with Crippen LogP contribution in [-0.2, 0) is 0 Å². The number of anilines is 2. The van der Waals surface area contributed by atoms with Crippen molar-refractivity contribution in [2.45, 2.75) is 12.8 Å². The second-order valence-corrected chi connectivity index (χ2v) is 7.68. The summed E-state index contributed by atoms with van der Waals surface area (Å²) in [4.78, 5) is 10.7. The third kappa shape index (κ3) is 4.60. The largest absolute Gasteiger partial charge is 0.457 e. The molecule has 0 spiro atoms. The maximum atomic E-state index is 6.21. The molecular formula is C24H27N5O. The van der Waals surface area contributed by atoms with Crippen LogP contribution in [0.2, 0.25) is 0 Å². The lowest BCUT2D eigenvalue weighted by Crippen LogP contribution is -2.29. The molecule has 2 aromatic carbocycles. The molecule has 0 saturated carbocycles. The van der Waals surface area contributed by atoms with Gasteiger partial charge >= 0.3 is 0 Å². The van der Waals surface area contributed by atoms with Gasteiger partial charge in [-0.25, -0.2) is 9.97 Å². The molecule has 4 rings (SSSR count). The number of nitrogens with two attached hydrogens (primary N) is 2. The predicted octanol–water partition coefficient (Wildman–Crippen LogP) is 4.21. The number of aromatic nitrogens is 2. The van der Waals surface area contributed by atoms with E-state index >= 15 is 0 Å². The average molecular weight is 402 g/mol. The molecule has 0 bridgehead atoms. The fourth-order valence-corrected chi connectivity index (χ4v) is 3.77. The molecule has 6 nitrogen and oxygen atoms in total. The Balaban J connectivity index is 1.67. The van der Waals surface area contributed by atoms with E-state index in [4.69, 9.17) is 16.2 Å². The summed E-state index contributed by atoms with van der Waals surface area (Å²) in [6.07, 6.45) is 5.88. The highest BCUT2D eigenvalue weighted by Gasteiger charge is 2.20. The summed E-state index contributed by atoms with van der Waals surface area (Å²) < 4.78 is 5.93. The van der Waals surface area contributed by atoms with Crippen molar-refractivity contribution in [2.75, 3.05) is 31.6 Å². The number of ether oxygens (including phenoxy) is 1. The van der Waals surface area contributed by atoms with E-state index in [1.54, 1.807) is 0 Å². The number of para-hydroxylation sites is 1. The first-order valence-corrected chi connectivity index (χ1v) is 10.2. The number of likely N-dealkylation sites (tertiary alicyclic amines) is 1. The molecule has 0 aliphatic carbocycles. The summed E-state index contributed by atoms with van der Waals surface area (Å²) in [6.45, 7) is 2.16. The molecule has 6 heteroatoms. The van der Waals surface area contributed by atoms with Gasteiger partial charge in [-0.2, -0.15) is 0 Å². The van der Waals surface area contributed by atoms with E-state index in [-0.39, 0.29) is 0 Å². The summed E-state index contributed by atoms with van der Waals surface area (Å²) in [7, 11) is 2.16. The molecule has 1 aliphatic heterocycles. The van der Waals surface area contributed by atoms with Gasteiger partial charge in [-0.05, 0) is 74.3 Å². The van der Waals surface area contributed by atoms with Gasteiger partial charge in [-0.1, -0.05) is 36.4 Å². The van der Waals surface area contributed by atoms with Crippen LogP contribution in [0.3, 0.4) is 0 Å². The zero-order chi connectivity index (χ0) is 20.9. The van der Waals surface area contributed by atoms with Crippen molar-refractivity contribution in [1.82, 2.24) is 14.9 Å². The van der Waals surface area contributed by atoms with Crippen LogP contribution in [0.4, 0.5) is 11.6 Å². The highest BCUT2D eigenvalue weighted by Crippen LogP contribution is 2.34. The van der Waals surface area contributed by atoms with Crippen molar-refractivity contribution in [3.05, 3.63) is 78.1 Å². The fraction of sp³-hybridized carbons (Fsp3) is 0.250. The summed E-state index contributed by atoms with van der Waals surface area (Å²) in [6, 6.07) is 17.7. The van der Waals surface area contributed by atoms with E-state index in [0.717, 1.165) is 48.6 Å². The number of piperidine rings is 1. The van der Waals surface area contributed by atoms with Gasteiger partial charge in [-0.15, -0.1) is 0 Å². The zero-order valence-corrected chi connectivity index (χ0v) is 17.2. The maximum Gasteiger partial charge on any atom is 0.136 e. The van der Waals surface area contributed by atoms with Crippen molar-refractivity contribution < 1.29 is 4.74 Å². The minimum Gasteiger partial charge on any atom is -0.457 e. The zero-order valence-electron chi connectivity index (χ0n) is 17.2. The van der Waals surface area contributed by atoms with Gasteiger partial charge in [0.05, 0.1) is 5.56 Å². The number of hydrogen-bond donors (Lipinski definition) is 2. The average Bonchev–Trinajstić information content (AvgIpc) is 2.76. The molecule has 154 valence electrons. The van der Waals surface area contributed by atoms with Crippen molar-refractivity contribution in [3.63, 3.8) is 0 Å². The van der Waals surface area contributed by atoms with Crippen molar-refractivity contribution in [1.29, 1.82) is 0 Å². The molecule has 2 heterocycles. The molecule has 4 N–H and O–H groups in total. The molecule has 0 amide bonds. The molecule has 3 aromatic rings. The minimum atomic E-state index is 0.395. The topological polar surface area (TPSA) is 90.3 Å². The van der Waals surface area contributed by atoms with Gasteiger partial charge in [0.25, 0.3) is 0 Å². The number of benzene rings is 2.